The molecule has 0 aliphatic carbocycles. The maximum atomic E-state index is 11.8. The van der Waals surface area contributed by atoms with Crippen molar-refractivity contribution in [2.75, 3.05) is 13.7 Å². The second-order valence-electron chi connectivity index (χ2n) is 5.08. The summed E-state index contributed by atoms with van der Waals surface area (Å²) in [5.74, 6) is -0.237. The molecule has 25 heavy (non-hydrogen) atoms. The van der Waals surface area contributed by atoms with Gasteiger partial charge in [-0.2, -0.15) is 0 Å². The topological polar surface area (TPSA) is 64.6 Å². The van der Waals surface area contributed by atoms with Gasteiger partial charge in [0.15, 0.2) is 0 Å². The number of methoxy groups -OCH3 is 1. The van der Waals surface area contributed by atoms with Gasteiger partial charge in [0.1, 0.15) is 18.9 Å². The Morgan fingerprint density at radius 2 is 1.92 bits per heavy atom. The summed E-state index contributed by atoms with van der Waals surface area (Å²) in [6.45, 7) is -0.00769. The van der Waals surface area contributed by atoms with Crippen molar-refractivity contribution in [1.29, 1.82) is 0 Å². The lowest BCUT2D eigenvalue weighted by Crippen LogP contribution is -2.29. The van der Waals surface area contributed by atoms with Gasteiger partial charge in [-0.3, -0.25) is 9.59 Å². The second kappa shape index (κ2) is 9.64. The van der Waals surface area contributed by atoms with Crippen LogP contribution < -0.4 is 10.1 Å². The van der Waals surface area contributed by atoms with Crippen LogP contribution in [0.1, 0.15) is 11.1 Å². The Morgan fingerprint density at radius 3 is 2.64 bits per heavy atom. The highest BCUT2D eigenvalue weighted by atomic mass is 79.9. The number of ether oxygens (including phenoxy) is 2. The molecule has 0 saturated carbocycles. The van der Waals surface area contributed by atoms with Gasteiger partial charge in [-0.05, 0) is 29.8 Å². The standard InChI is InChI=1S/C19H18BrNO4/c1-24-17-9-8-16(20)11-15(17)7-10-18(22)21-12-19(23)25-13-14-5-3-2-4-6-14/h2-11H,12-13H2,1H3,(H,21,22)/b10-7+. The van der Waals surface area contributed by atoms with E-state index < -0.39 is 11.9 Å². The molecule has 0 saturated heterocycles. The van der Waals surface area contributed by atoms with Crippen molar-refractivity contribution in [2.24, 2.45) is 0 Å². The molecule has 0 aliphatic rings. The van der Waals surface area contributed by atoms with Crippen LogP contribution in [0.5, 0.6) is 5.75 Å². The maximum absolute atomic E-state index is 11.8. The van der Waals surface area contributed by atoms with Gasteiger partial charge in [0.05, 0.1) is 7.11 Å². The third-order valence-electron chi connectivity index (χ3n) is 3.26. The van der Waals surface area contributed by atoms with Gasteiger partial charge in [0.25, 0.3) is 0 Å². The Hall–Kier alpha value is -2.60. The first-order valence-electron chi connectivity index (χ1n) is 7.57. The monoisotopic (exact) mass is 403 g/mol. The minimum atomic E-state index is -0.495. The van der Waals surface area contributed by atoms with Crippen molar-refractivity contribution in [3.8, 4) is 5.75 Å². The fourth-order valence-electron chi connectivity index (χ4n) is 2.01. The van der Waals surface area contributed by atoms with Crippen molar-refractivity contribution >= 4 is 33.9 Å². The zero-order chi connectivity index (χ0) is 18.1. The molecule has 0 aromatic heterocycles. The molecular formula is C19H18BrNO4. The lowest BCUT2D eigenvalue weighted by atomic mass is 10.2. The zero-order valence-electron chi connectivity index (χ0n) is 13.7. The molecule has 0 atom stereocenters. The Bertz CT molecular complexity index is 759. The average molecular weight is 404 g/mol. The normalized spacial score (nSPS) is 10.5. The lowest BCUT2D eigenvalue weighted by molar-refractivity contribution is -0.144. The Balaban J connectivity index is 1.80. The van der Waals surface area contributed by atoms with E-state index in [-0.39, 0.29) is 13.2 Å². The zero-order valence-corrected chi connectivity index (χ0v) is 15.3. The highest BCUT2D eigenvalue weighted by Gasteiger charge is 2.06. The van der Waals surface area contributed by atoms with E-state index in [0.717, 1.165) is 15.6 Å². The Kier molecular flexibility index (Phi) is 7.22. The van der Waals surface area contributed by atoms with E-state index in [0.29, 0.717) is 5.75 Å². The van der Waals surface area contributed by atoms with Crippen LogP contribution >= 0.6 is 15.9 Å². The molecule has 0 heterocycles. The van der Waals surface area contributed by atoms with Crippen molar-refractivity contribution in [1.82, 2.24) is 5.32 Å². The first-order chi connectivity index (χ1) is 12.1. The van der Waals surface area contributed by atoms with E-state index in [1.54, 1.807) is 19.3 Å². The molecule has 0 unspecified atom stereocenters. The third-order valence-corrected chi connectivity index (χ3v) is 3.75. The number of carbonyl (C=O) groups is 2. The van der Waals surface area contributed by atoms with E-state index in [9.17, 15) is 9.59 Å². The molecule has 1 N–H and O–H groups in total. The van der Waals surface area contributed by atoms with E-state index in [2.05, 4.69) is 21.2 Å². The summed E-state index contributed by atoms with van der Waals surface area (Å²) in [6.07, 6.45) is 2.96. The summed E-state index contributed by atoms with van der Waals surface area (Å²) >= 11 is 3.37. The van der Waals surface area contributed by atoms with Crippen LogP contribution in [0.3, 0.4) is 0 Å². The van der Waals surface area contributed by atoms with Crippen LogP contribution in [0, 0.1) is 0 Å². The second-order valence-corrected chi connectivity index (χ2v) is 6.00. The first-order valence-corrected chi connectivity index (χ1v) is 8.37. The smallest absolute Gasteiger partial charge is 0.325 e. The fourth-order valence-corrected chi connectivity index (χ4v) is 2.39. The SMILES string of the molecule is COc1ccc(Br)cc1/C=C/C(=O)NCC(=O)OCc1ccccc1. The number of hydrogen-bond donors (Lipinski definition) is 1. The molecule has 0 bridgehead atoms. The van der Waals surface area contributed by atoms with Gasteiger partial charge in [-0.25, -0.2) is 0 Å². The largest absolute Gasteiger partial charge is 0.496 e. The number of hydrogen-bond acceptors (Lipinski definition) is 4. The number of benzene rings is 2. The van der Waals surface area contributed by atoms with Gasteiger partial charge >= 0.3 is 5.97 Å². The number of halogens is 1. The molecular weight excluding hydrogens is 386 g/mol. The van der Waals surface area contributed by atoms with E-state index in [4.69, 9.17) is 9.47 Å². The van der Waals surface area contributed by atoms with Gasteiger partial charge < -0.3 is 14.8 Å². The van der Waals surface area contributed by atoms with Crippen LogP contribution in [0.25, 0.3) is 6.08 Å². The number of amides is 1. The molecule has 0 spiro atoms. The van der Waals surface area contributed by atoms with Crippen molar-refractivity contribution in [3.05, 3.63) is 70.2 Å². The van der Waals surface area contributed by atoms with E-state index >= 15 is 0 Å². The third kappa shape index (κ3) is 6.43. The Labute approximate surface area is 154 Å². The highest BCUT2D eigenvalue weighted by Crippen LogP contribution is 2.23. The number of esters is 1. The van der Waals surface area contributed by atoms with Crippen molar-refractivity contribution in [3.63, 3.8) is 0 Å². The van der Waals surface area contributed by atoms with Gasteiger partial charge in [-0.15, -0.1) is 0 Å². The summed E-state index contributed by atoms with van der Waals surface area (Å²) in [5, 5.41) is 2.49. The number of nitrogens with one attached hydrogen (secondary N) is 1. The molecule has 0 radical (unpaired) electrons. The van der Waals surface area contributed by atoms with E-state index in [1.807, 2.05) is 42.5 Å². The predicted octanol–water partition coefficient (Wildman–Crippen LogP) is 3.33. The quantitative estimate of drug-likeness (QED) is 0.568. The molecule has 6 heteroatoms. The van der Waals surface area contributed by atoms with Crippen LogP contribution in [0.2, 0.25) is 0 Å². The number of carbonyl (C=O) groups excluding carboxylic acids is 2. The molecule has 2 aromatic rings. The van der Waals surface area contributed by atoms with Crippen LogP contribution in [0.15, 0.2) is 59.1 Å². The highest BCUT2D eigenvalue weighted by molar-refractivity contribution is 9.10. The van der Waals surface area contributed by atoms with Gasteiger partial charge in [0, 0.05) is 16.1 Å². The summed E-state index contributed by atoms with van der Waals surface area (Å²) in [4.78, 5) is 23.5. The molecule has 0 aliphatic heterocycles. The van der Waals surface area contributed by atoms with Crippen molar-refractivity contribution in [2.45, 2.75) is 6.61 Å². The molecule has 5 nitrogen and oxygen atoms in total. The molecule has 2 aromatic carbocycles. The predicted molar refractivity (Wildman–Crippen MR) is 99.0 cm³/mol. The minimum Gasteiger partial charge on any atom is -0.496 e. The summed E-state index contributed by atoms with van der Waals surface area (Å²) < 4.78 is 11.2. The first kappa shape index (κ1) is 18.7. The Morgan fingerprint density at radius 1 is 1.16 bits per heavy atom. The molecule has 0 fully saturated rings. The summed E-state index contributed by atoms with van der Waals surface area (Å²) in [7, 11) is 1.56. The minimum absolute atomic E-state index is 0.181. The van der Waals surface area contributed by atoms with Crippen LogP contribution in [0.4, 0.5) is 0 Å². The number of rotatable bonds is 7. The maximum Gasteiger partial charge on any atom is 0.325 e. The van der Waals surface area contributed by atoms with Gasteiger partial charge in [-0.1, -0.05) is 46.3 Å². The average Bonchev–Trinajstić information content (AvgIpc) is 2.64. The van der Waals surface area contributed by atoms with E-state index in [1.165, 1.54) is 6.08 Å². The van der Waals surface area contributed by atoms with Crippen LogP contribution in [-0.4, -0.2) is 25.5 Å². The molecule has 2 rings (SSSR count). The summed E-state index contributed by atoms with van der Waals surface area (Å²) in [5.41, 5.74) is 1.64. The van der Waals surface area contributed by atoms with Crippen LogP contribution in [-0.2, 0) is 20.9 Å². The molecule has 1 amide bonds. The molecule has 130 valence electrons. The van der Waals surface area contributed by atoms with Crippen molar-refractivity contribution < 1.29 is 19.1 Å². The fraction of sp³-hybridized carbons (Fsp3) is 0.158. The van der Waals surface area contributed by atoms with Gasteiger partial charge in [0.2, 0.25) is 5.91 Å². The summed E-state index contributed by atoms with van der Waals surface area (Å²) in [6, 6.07) is 14.8. The lowest BCUT2D eigenvalue weighted by Gasteiger charge is -2.06.